The van der Waals surface area contributed by atoms with Gasteiger partial charge in [-0.25, -0.2) is 0 Å². The second kappa shape index (κ2) is 7.57. The number of benzene rings is 1. The number of carbonyl (C=O) groups excluding carboxylic acids is 2. The van der Waals surface area contributed by atoms with E-state index in [1.807, 2.05) is 4.90 Å². The van der Waals surface area contributed by atoms with E-state index in [9.17, 15) is 9.59 Å². The molecular weight excluding hydrogens is 350 g/mol. The Morgan fingerprint density at radius 3 is 2.81 bits per heavy atom. The van der Waals surface area contributed by atoms with Crippen LogP contribution in [0, 0.1) is 5.92 Å². The molecule has 0 bridgehead atoms. The zero-order valence-corrected chi connectivity index (χ0v) is 15.7. The lowest BCUT2D eigenvalue weighted by Gasteiger charge is -2.34. The van der Waals surface area contributed by atoms with E-state index in [0.717, 1.165) is 45.2 Å². The summed E-state index contributed by atoms with van der Waals surface area (Å²) in [5, 5.41) is 6.98. The van der Waals surface area contributed by atoms with Gasteiger partial charge >= 0.3 is 0 Å². The Kier molecular flexibility index (Phi) is 5.18. The van der Waals surface area contributed by atoms with Crippen LogP contribution in [-0.2, 0) is 4.79 Å². The Morgan fingerprint density at radius 2 is 2.04 bits per heavy atom. The maximum atomic E-state index is 13.3. The first kappa shape index (κ1) is 17.8. The van der Waals surface area contributed by atoms with Crippen molar-refractivity contribution in [2.24, 2.45) is 5.92 Å². The average molecular weight is 376 g/mol. The molecule has 3 aliphatic rings. The van der Waals surface area contributed by atoms with E-state index in [0.29, 0.717) is 16.5 Å². The number of hydrogen-bond donors (Lipinski definition) is 2. The second-order valence-electron chi connectivity index (χ2n) is 7.78. The summed E-state index contributed by atoms with van der Waals surface area (Å²) in [7, 11) is 0. The van der Waals surface area contributed by atoms with Gasteiger partial charge in [0, 0.05) is 29.2 Å². The minimum atomic E-state index is -0.366. The molecule has 2 N–H and O–H groups in total. The average Bonchev–Trinajstić information content (AvgIpc) is 3.28. The number of carbonyl (C=O) groups is 2. The highest BCUT2D eigenvalue weighted by Gasteiger charge is 2.47. The van der Waals surface area contributed by atoms with Crippen LogP contribution in [0.4, 0.5) is 0 Å². The molecule has 0 aromatic heterocycles. The van der Waals surface area contributed by atoms with Crippen LogP contribution in [-0.4, -0.2) is 47.9 Å². The molecule has 2 heterocycles. The largest absolute Gasteiger partial charge is 0.350 e. The van der Waals surface area contributed by atoms with Gasteiger partial charge in [-0.3, -0.25) is 9.59 Å². The first-order chi connectivity index (χ1) is 12.6. The van der Waals surface area contributed by atoms with E-state index in [2.05, 4.69) is 10.6 Å². The van der Waals surface area contributed by atoms with E-state index in [1.165, 1.54) is 6.42 Å². The zero-order valence-electron chi connectivity index (χ0n) is 14.9. The number of likely N-dealkylation sites (tertiary alicyclic amines) is 1. The summed E-state index contributed by atoms with van der Waals surface area (Å²) < 4.78 is 0. The van der Waals surface area contributed by atoms with Crippen LogP contribution in [0.15, 0.2) is 24.3 Å². The molecule has 0 radical (unpaired) electrons. The van der Waals surface area contributed by atoms with Crippen LogP contribution in [0.2, 0.25) is 5.02 Å². The molecule has 3 fully saturated rings. The number of amides is 2. The highest BCUT2D eigenvalue weighted by atomic mass is 35.5. The van der Waals surface area contributed by atoms with E-state index in [1.54, 1.807) is 24.3 Å². The lowest BCUT2D eigenvalue weighted by atomic mass is 9.84. The lowest BCUT2D eigenvalue weighted by Crippen LogP contribution is -2.51. The molecule has 1 aliphatic carbocycles. The predicted octanol–water partition coefficient (Wildman–Crippen LogP) is 2.59. The molecule has 1 aromatic carbocycles. The van der Waals surface area contributed by atoms with Gasteiger partial charge < -0.3 is 15.5 Å². The number of nitrogens with zero attached hydrogens (tertiary/aromatic N) is 1. The van der Waals surface area contributed by atoms with Crippen LogP contribution < -0.4 is 10.6 Å². The standard InChI is InChI=1S/C20H26ClN3O2/c21-15-6-3-5-14(10-15)20(26)24-17-7-2-1-4-13(17)11-18(24)19(25)23-16-8-9-22-12-16/h3,5-6,10,13,16-18,22H,1-2,4,7-9,11-12H2,(H,23,25). The van der Waals surface area contributed by atoms with Crippen molar-refractivity contribution in [2.75, 3.05) is 13.1 Å². The predicted molar refractivity (Wildman–Crippen MR) is 101 cm³/mol. The topological polar surface area (TPSA) is 61.4 Å². The molecule has 4 atom stereocenters. The normalized spacial score (nSPS) is 30.9. The molecule has 0 spiro atoms. The van der Waals surface area contributed by atoms with Crippen molar-refractivity contribution in [1.82, 2.24) is 15.5 Å². The Balaban J connectivity index is 1.58. The summed E-state index contributed by atoms with van der Waals surface area (Å²) in [5.41, 5.74) is 0.573. The molecular formula is C20H26ClN3O2. The molecule has 4 rings (SSSR count). The van der Waals surface area contributed by atoms with Crippen molar-refractivity contribution < 1.29 is 9.59 Å². The van der Waals surface area contributed by atoms with Gasteiger partial charge in [-0.15, -0.1) is 0 Å². The van der Waals surface area contributed by atoms with Gasteiger partial charge in [-0.2, -0.15) is 0 Å². The van der Waals surface area contributed by atoms with E-state index >= 15 is 0 Å². The summed E-state index contributed by atoms with van der Waals surface area (Å²) in [5.74, 6) is 0.374. The van der Waals surface area contributed by atoms with E-state index < -0.39 is 0 Å². The highest BCUT2D eigenvalue weighted by molar-refractivity contribution is 6.31. The van der Waals surface area contributed by atoms with Gasteiger partial charge in [0.25, 0.3) is 5.91 Å². The lowest BCUT2D eigenvalue weighted by molar-refractivity contribution is -0.125. The van der Waals surface area contributed by atoms with Gasteiger partial charge in [0.1, 0.15) is 6.04 Å². The molecule has 1 saturated carbocycles. The minimum absolute atomic E-state index is 0.00322. The Hall–Kier alpha value is -1.59. The van der Waals surface area contributed by atoms with Gasteiger partial charge in [0.15, 0.2) is 0 Å². The smallest absolute Gasteiger partial charge is 0.254 e. The molecule has 140 valence electrons. The van der Waals surface area contributed by atoms with E-state index in [-0.39, 0.29) is 29.9 Å². The van der Waals surface area contributed by atoms with Crippen molar-refractivity contribution >= 4 is 23.4 Å². The van der Waals surface area contributed by atoms with Crippen LogP contribution >= 0.6 is 11.6 Å². The molecule has 6 heteroatoms. The van der Waals surface area contributed by atoms with Gasteiger partial charge in [-0.05, 0) is 56.3 Å². The zero-order chi connectivity index (χ0) is 18.1. The molecule has 1 aromatic rings. The van der Waals surface area contributed by atoms with Crippen molar-refractivity contribution in [2.45, 2.75) is 56.7 Å². The highest BCUT2D eigenvalue weighted by Crippen LogP contribution is 2.40. The molecule has 2 amide bonds. The number of hydrogen-bond acceptors (Lipinski definition) is 3. The molecule has 26 heavy (non-hydrogen) atoms. The monoisotopic (exact) mass is 375 g/mol. The molecule has 2 aliphatic heterocycles. The van der Waals surface area contributed by atoms with Crippen LogP contribution in [0.5, 0.6) is 0 Å². The van der Waals surface area contributed by atoms with Crippen LogP contribution in [0.1, 0.15) is 48.9 Å². The fourth-order valence-electron chi connectivity index (χ4n) is 4.83. The number of nitrogens with one attached hydrogen (secondary N) is 2. The summed E-state index contributed by atoms with van der Waals surface area (Å²) >= 11 is 6.09. The summed E-state index contributed by atoms with van der Waals surface area (Å²) in [6.45, 7) is 1.75. The molecule has 4 unspecified atom stereocenters. The van der Waals surface area contributed by atoms with Crippen LogP contribution in [0.3, 0.4) is 0 Å². The molecule has 2 saturated heterocycles. The fourth-order valence-corrected chi connectivity index (χ4v) is 5.02. The number of rotatable bonds is 3. The van der Waals surface area contributed by atoms with Crippen molar-refractivity contribution in [1.29, 1.82) is 0 Å². The Morgan fingerprint density at radius 1 is 1.19 bits per heavy atom. The second-order valence-corrected chi connectivity index (χ2v) is 8.22. The summed E-state index contributed by atoms with van der Waals surface area (Å²) in [6.07, 6.45) is 6.16. The first-order valence-electron chi connectivity index (χ1n) is 9.73. The Bertz CT molecular complexity index is 689. The third kappa shape index (κ3) is 3.47. The third-order valence-corrected chi connectivity index (χ3v) is 6.34. The maximum Gasteiger partial charge on any atom is 0.254 e. The number of halogens is 1. The summed E-state index contributed by atoms with van der Waals surface area (Å²) in [4.78, 5) is 28.1. The number of fused-ring (bicyclic) bond motifs is 1. The van der Waals surface area contributed by atoms with Crippen LogP contribution in [0.25, 0.3) is 0 Å². The van der Waals surface area contributed by atoms with Gasteiger partial charge in [-0.1, -0.05) is 30.5 Å². The third-order valence-electron chi connectivity index (χ3n) is 6.10. The fraction of sp³-hybridized carbons (Fsp3) is 0.600. The Labute approximate surface area is 159 Å². The van der Waals surface area contributed by atoms with E-state index in [4.69, 9.17) is 11.6 Å². The minimum Gasteiger partial charge on any atom is -0.350 e. The molecule has 5 nitrogen and oxygen atoms in total. The van der Waals surface area contributed by atoms with Crippen molar-refractivity contribution in [3.8, 4) is 0 Å². The first-order valence-corrected chi connectivity index (χ1v) is 10.1. The van der Waals surface area contributed by atoms with Crippen molar-refractivity contribution in [3.05, 3.63) is 34.9 Å². The SMILES string of the molecule is O=C(NC1CCNC1)C1CC2CCCCC2N1C(=O)c1cccc(Cl)c1. The maximum absolute atomic E-state index is 13.3. The van der Waals surface area contributed by atoms with Gasteiger partial charge in [0.05, 0.1) is 0 Å². The quantitative estimate of drug-likeness (QED) is 0.853. The summed E-state index contributed by atoms with van der Waals surface area (Å²) in [6, 6.07) is 7.04. The van der Waals surface area contributed by atoms with Gasteiger partial charge in [0.2, 0.25) is 5.91 Å². The van der Waals surface area contributed by atoms with Crippen molar-refractivity contribution in [3.63, 3.8) is 0 Å².